The Kier molecular flexibility index (Phi) is 5.14. The second-order valence-electron chi connectivity index (χ2n) is 8.11. The molecule has 0 bridgehead atoms. The summed E-state index contributed by atoms with van der Waals surface area (Å²) in [6.45, 7) is 1.90. The molecule has 1 amide bonds. The molecule has 1 unspecified atom stereocenters. The topological polar surface area (TPSA) is 41.6 Å². The number of hydrogen-bond acceptors (Lipinski definition) is 3. The minimum Gasteiger partial charge on any atom is -0.441 e. The van der Waals surface area contributed by atoms with Crippen molar-refractivity contribution in [2.45, 2.75) is 38.3 Å². The monoisotopic (exact) mass is 398 g/mol. The number of hydrogen-bond donors (Lipinski definition) is 1. The summed E-state index contributed by atoms with van der Waals surface area (Å²) in [6.07, 6.45) is 3.43. The van der Waals surface area contributed by atoms with Gasteiger partial charge in [0.15, 0.2) is 0 Å². The molecule has 1 N–H and O–H groups in total. The summed E-state index contributed by atoms with van der Waals surface area (Å²) in [5, 5.41) is 2.93. The van der Waals surface area contributed by atoms with Crippen LogP contribution in [0, 0.1) is 0 Å². The molecular weight excluding hydrogens is 372 g/mol. The van der Waals surface area contributed by atoms with Crippen molar-refractivity contribution in [3.8, 4) is 0 Å². The maximum atomic E-state index is 12.6. The SMILES string of the molecule is O=C(Nc1ccc2c(c1)CCN2Cc1ccccc1)OC1CCCc2ccccc21. The molecule has 1 heterocycles. The molecule has 3 aromatic rings. The van der Waals surface area contributed by atoms with Crippen LogP contribution >= 0.6 is 0 Å². The molecule has 0 fully saturated rings. The second kappa shape index (κ2) is 8.23. The number of nitrogens with one attached hydrogen (secondary N) is 1. The fourth-order valence-corrected chi connectivity index (χ4v) is 4.62. The number of aryl methyl sites for hydroxylation is 1. The molecule has 5 rings (SSSR count). The highest BCUT2D eigenvalue weighted by Crippen LogP contribution is 2.34. The lowest BCUT2D eigenvalue weighted by Crippen LogP contribution is -2.21. The van der Waals surface area contributed by atoms with E-state index in [0.717, 1.165) is 50.0 Å². The predicted molar refractivity (Wildman–Crippen MR) is 120 cm³/mol. The molecule has 2 aliphatic rings. The van der Waals surface area contributed by atoms with E-state index in [1.165, 1.54) is 22.4 Å². The highest BCUT2D eigenvalue weighted by atomic mass is 16.6. The van der Waals surface area contributed by atoms with Crippen LogP contribution in [0.1, 0.15) is 41.2 Å². The maximum absolute atomic E-state index is 12.6. The van der Waals surface area contributed by atoms with E-state index >= 15 is 0 Å². The largest absolute Gasteiger partial charge is 0.441 e. The van der Waals surface area contributed by atoms with E-state index < -0.39 is 0 Å². The zero-order valence-corrected chi connectivity index (χ0v) is 17.0. The Bertz CT molecular complexity index is 1050. The number of fused-ring (bicyclic) bond motifs is 2. The Labute approximate surface area is 177 Å². The summed E-state index contributed by atoms with van der Waals surface area (Å²) in [4.78, 5) is 14.9. The van der Waals surface area contributed by atoms with Crippen LogP contribution in [0.4, 0.5) is 16.2 Å². The Balaban J connectivity index is 1.24. The summed E-state index contributed by atoms with van der Waals surface area (Å²) in [6, 6.07) is 24.9. The molecule has 0 aromatic heterocycles. The van der Waals surface area contributed by atoms with Gasteiger partial charge in [-0.2, -0.15) is 0 Å². The van der Waals surface area contributed by atoms with Gasteiger partial charge in [0, 0.05) is 24.5 Å². The van der Waals surface area contributed by atoms with Crippen LogP contribution < -0.4 is 10.2 Å². The number of amides is 1. The van der Waals surface area contributed by atoms with Crippen LogP contribution in [0.15, 0.2) is 72.8 Å². The molecule has 152 valence electrons. The third kappa shape index (κ3) is 3.90. The van der Waals surface area contributed by atoms with E-state index in [9.17, 15) is 4.79 Å². The van der Waals surface area contributed by atoms with Crippen LogP contribution in [-0.2, 0) is 24.1 Å². The molecule has 30 heavy (non-hydrogen) atoms. The number of ether oxygens (including phenoxy) is 1. The molecular formula is C26H26N2O2. The number of benzene rings is 3. The molecule has 4 heteroatoms. The van der Waals surface area contributed by atoms with Gasteiger partial charge in [-0.15, -0.1) is 0 Å². The number of rotatable bonds is 4. The Morgan fingerprint density at radius 2 is 1.80 bits per heavy atom. The lowest BCUT2D eigenvalue weighted by atomic mass is 9.89. The smallest absolute Gasteiger partial charge is 0.412 e. The molecule has 0 saturated carbocycles. The van der Waals surface area contributed by atoms with Crippen molar-refractivity contribution < 1.29 is 9.53 Å². The number of carbonyl (C=O) groups is 1. The van der Waals surface area contributed by atoms with Crippen molar-refractivity contribution in [1.29, 1.82) is 0 Å². The average molecular weight is 399 g/mol. The van der Waals surface area contributed by atoms with Gasteiger partial charge in [-0.05, 0) is 66.1 Å². The molecule has 1 atom stereocenters. The molecule has 0 saturated heterocycles. The summed E-state index contributed by atoms with van der Waals surface area (Å²) in [5.74, 6) is 0. The molecule has 3 aromatic carbocycles. The van der Waals surface area contributed by atoms with Gasteiger partial charge in [-0.25, -0.2) is 4.79 Å². The van der Waals surface area contributed by atoms with Gasteiger partial charge in [0.2, 0.25) is 0 Å². The van der Waals surface area contributed by atoms with E-state index in [4.69, 9.17) is 4.74 Å². The van der Waals surface area contributed by atoms with Gasteiger partial charge in [0.25, 0.3) is 0 Å². The van der Waals surface area contributed by atoms with Gasteiger partial charge in [0.1, 0.15) is 6.10 Å². The molecule has 1 aliphatic heterocycles. The fourth-order valence-electron chi connectivity index (χ4n) is 4.62. The summed E-state index contributed by atoms with van der Waals surface area (Å²) in [5.41, 5.74) is 7.06. The Morgan fingerprint density at radius 1 is 0.967 bits per heavy atom. The Morgan fingerprint density at radius 3 is 2.70 bits per heavy atom. The zero-order chi connectivity index (χ0) is 20.3. The van der Waals surface area contributed by atoms with Crippen molar-refractivity contribution >= 4 is 17.5 Å². The van der Waals surface area contributed by atoms with Crippen LogP contribution in [-0.4, -0.2) is 12.6 Å². The minimum atomic E-state index is -0.379. The second-order valence-corrected chi connectivity index (χ2v) is 8.11. The number of nitrogens with zero attached hydrogens (tertiary/aromatic N) is 1. The van der Waals surface area contributed by atoms with Gasteiger partial charge in [-0.1, -0.05) is 54.6 Å². The third-order valence-electron chi connectivity index (χ3n) is 6.10. The third-order valence-corrected chi connectivity index (χ3v) is 6.10. The van der Waals surface area contributed by atoms with E-state index in [1.54, 1.807) is 0 Å². The lowest BCUT2D eigenvalue weighted by molar-refractivity contribution is 0.0999. The highest BCUT2D eigenvalue weighted by Gasteiger charge is 2.24. The van der Waals surface area contributed by atoms with Crippen LogP contribution in [0.3, 0.4) is 0 Å². The predicted octanol–water partition coefficient (Wildman–Crippen LogP) is 5.88. The van der Waals surface area contributed by atoms with Crippen molar-refractivity contribution in [3.63, 3.8) is 0 Å². The first-order valence-corrected chi connectivity index (χ1v) is 10.7. The first-order chi connectivity index (χ1) is 14.8. The highest BCUT2D eigenvalue weighted by molar-refractivity contribution is 5.85. The summed E-state index contributed by atoms with van der Waals surface area (Å²) >= 11 is 0. The molecule has 0 radical (unpaired) electrons. The van der Waals surface area contributed by atoms with Crippen molar-refractivity contribution in [2.24, 2.45) is 0 Å². The van der Waals surface area contributed by atoms with Crippen LogP contribution in [0.2, 0.25) is 0 Å². The maximum Gasteiger partial charge on any atom is 0.412 e. The quantitative estimate of drug-likeness (QED) is 0.597. The number of anilines is 2. The summed E-state index contributed by atoms with van der Waals surface area (Å²) in [7, 11) is 0. The van der Waals surface area contributed by atoms with Gasteiger partial charge in [-0.3, -0.25) is 5.32 Å². The van der Waals surface area contributed by atoms with Gasteiger partial charge >= 0.3 is 6.09 Å². The minimum absolute atomic E-state index is 0.161. The van der Waals surface area contributed by atoms with Crippen LogP contribution in [0.25, 0.3) is 0 Å². The van der Waals surface area contributed by atoms with E-state index in [0.29, 0.717) is 0 Å². The van der Waals surface area contributed by atoms with E-state index in [2.05, 4.69) is 58.7 Å². The zero-order valence-electron chi connectivity index (χ0n) is 17.0. The first kappa shape index (κ1) is 18.7. The lowest BCUT2D eigenvalue weighted by Gasteiger charge is -2.25. The molecule has 0 spiro atoms. The summed E-state index contributed by atoms with van der Waals surface area (Å²) < 4.78 is 5.78. The average Bonchev–Trinajstić information content (AvgIpc) is 3.16. The molecule has 1 aliphatic carbocycles. The van der Waals surface area contributed by atoms with Crippen LogP contribution in [0.5, 0.6) is 0 Å². The standard InChI is InChI=1S/C26H26N2O2/c29-26(30-25-12-6-10-20-9-4-5-11-23(20)25)27-22-13-14-24-21(17-22)15-16-28(24)18-19-7-2-1-3-8-19/h1-5,7-9,11,13-14,17,25H,6,10,12,15-16,18H2,(H,27,29). The van der Waals surface area contributed by atoms with E-state index in [-0.39, 0.29) is 12.2 Å². The van der Waals surface area contributed by atoms with Gasteiger partial charge in [0.05, 0.1) is 0 Å². The number of carbonyl (C=O) groups excluding carboxylic acids is 1. The van der Waals surface area contributed by atoms with Crippen molar-refractivity contribution in [2.75, 3.05) is 16.8 Å². The van der Waals surface area contributed by atoms with Crippen molar-refractivity contribution in [3.05, 3.63) is 95.1 Å². The van der Waals surface area contributed by atoms with Gasteiger partial charge < -0.3 is 9.64 Å². The fraction of sp³-hybridized carbons (Fsp3) is 0.269. The first-order valence-electron chi connectivity index (χ1n) is 10.7. The normalized spacial score (nSPS) is 17.2. The van der Waals surface area contributed by atoms with Crippen molar-refractivity contribution in [1.82, 2.24) is 0 Å². The Hall–Kier alpha value is -3.27. The van der Waals surface area contributed by atoms with E-state index in [1.807, 2.05) is 24.3 Å². The molecule has 4 nitrogen and oxygen atoms in total.